The van der Waals surface area contributed by atoms with Crippen LogP contribution >= 0.6 is 34.8 Å². The Morgan fingerprint density at radius 2 is 0.758 bits per heavy atom. The Hall–Kier alpha value is -3.51. The summed E-state index contributed by atoms with van der Waals surface area (Å²) in [6, 6.07) is 0. The van der Waals surface area contributed by atoms with Gasteiger partial charge in [0.25, 0.3) is 3.79 Å². The number of aliphatic hydroxyl groups excluding tert-OH is 10. The minimum absolute atomic E-state index is 0.0132. The summed E-state index contributed by atoms with van der Waals surface area (Å²) in [5, 5.41) is 99.7. The summed E-state index contributed by atoms with van der Waals surface area (Å²) in [6.07, 6.45) is -15.5. The van der Waals surface area contributed by atoms with Crippen LogP contribution in [0.1, 0.15) is 116 Å². The molecule has 11 unspecified atom stereocenters. The number of hydrogen-bond donors (Lipinski definition) is 11. The zero-order valence-electron chi connectivity index (χ0n) is 54.2. The third-order valence-electron chi connectivity index (χ3n) is 15.8. The smallest absolute Gasteiger partial charge is 0.333 e. The highest BCUT2D eigenvalue weighted by Gasteiger charge is 2.48. The average Bonchev–Trinajstić information content (AvgIpc) is 2.55. The summed E-state index contributed by atoms with van der Waals surface area (Å²) in [5.41, 5.74) is 0.586. The highest BCUT2D eigenvalue weighted by atomic mass is 35.6. The molecular weight excluding hydrogens is 1280 g/mol. The van der Waals surface area contributed by atoms with Crippen LogP contribution in [-0.2, 0) is 85.6 Å². The van der Waals surface area contributed by atoms with Gasteiger partial charge in [0, 0.05) is 49.7 Å². The van der Waals surface area contributed by atoms with E-state index in [9.17, 15) is 44.4 Å². The molecule has 11 N–H and O–H groups in total. The van der Waals surface area contributed by atoms with E-state index in [4.69, 9.17) is 128 Å². The van der Waals surface area contributed by atoms with Gasteiger partial charge < -0.3 is 113 Å². The van der Waals surface area contributed by atoms with Gasteiger partial charge in [-0.05, 0) is 50.9 Å². The third-order valence-corrected chi connectivity index (χ3v) is 16.3. The second-order valence-corrected chi connectivity index (χ2v) is 25.0. The number of esters is 5. The van der Waals surface area contributed by atoms with Crippen molar-refractivity contribution in [2.24, 2.45) is 35.5 Å². The van der Waals surface area contributed by atoms with Crippen molar-refractivity contribution in [2.45, 2.75) is 237 Å². The van der Waals surface area contributed by atoms with Crippen LogP contribution in [0.25, 0.3) is 0 Å². The predicted octanol–water partition coefficient (Wildman–Crippen LogP) is 2.17. The zero-order valence-corrected chi connectivity index (χ0v) is 56.4. The first-order valence-corrected chi connectivity index (χ1v) is 31.1. The van der Waals surface area contributed by atoms with Crippen LogP contribution < -0.4 is 0 Å². The van der Waals surface area contributed by atoms with Gasteiger partial charge in [-0.3, -0.25) is 19.8 Å². The number of ether oxygens (including phenoxy) is 13. The van der Waals surface area contributed by atoms with Gasteiger partial charge in [-0.15, -0.1) is 0 Å². The normalized spacial score (nSPS) is 36.1. The Labute approximate surface area is 546 Å². The first kappa shape index (κ1) is 85.5. The Balaban J connectivity index is 0.000000577. The van der Waals surface area contributed by atoms with Gasteiger partial charge in [-0.2, -0.15) is 0 Å². The van der Waals surface area contributed by atoms with E-state index in [1.54, 1.807) is 6.92 Å². The van der Waals surface area contributed by atoms with E-state index in [0.29, 0.717) is 5.57 Å². The molecule has 0 aliphatic carbocycles. The Morgan fingerprint density at radius 3 is 1.14 bits per heavy atom. The van der Waals surface area contributed by atoms with E-state index in [2.05, 4.69) is 31.7 Å². The van der Waals surface area contributed by atoms with Gasteiger partial charge in [0.2, 0.25) is 12.2 Å². The molecule has 0 saturated carbocycles. The maximum Gasteiger partial charge on any atom is 0.333 e. The molecule has 91 heavy (non-hydrogen) atoms. The number of nitrogens with one attached hydrogen (secondary N) is 1. The first-order valence-electron chi connectivity index (χ1n) is 29.9. The minimum Gasteiger partial charge on any atom is -0.460 e. The average molecular weight is 1380 g/mol. The summed E-state index contributed by atoms with van der Waals surface area (Å²) in [6.45, 7) is 31.2. The topological polar surface area (TPSA) is 431 Å². The van der Waals surface area contributed by atoms with Crippen LogP contribution in [-0.4, -0.2) is 247 Å². The molecule has 0 aromatic carbocycles. The lowest BCUT2D eigenvalue weighted by atomic mass is 9.82. The summed E-state index contributed by atoms with van der Waals surface area (Å²) < 4.78 is 66.4. The molecule has 32 heteroatoms. The van der Waals surface area contributed by atoms with Crippen molar-refractivity contribution in [3.05, 3.63) is 24.3 Å². The number of aliphatic hydroxyl groups is 10. The van der Waals surface area contributed by atoms with Gasteiger partial charge in [-0.25, -0.2) is 9.59 Å². The largest absolute Gasteiger partial charge is 0.460 e. The van der Waals surface area contributed by atoms with E-state index in [1.807, 2.05) is 48.5 Å². The van der Waals surface area contributed by atoms with Crippen LogP contribution in [0.2, 0.25) is 0 Å². The van der Waals surface area contributed by atoms with E-state index in [-0.39, 0.29) is 97.8 Å². The summed E-state index contributed by atoms with van der Waals surface area (Å²) in [7, 11) is 0. The Kier molecular flexibility index (Phi) is 38.9. The van der Waals surface area contributed by atoms with Crippen molar-refractivity contribution in [1.82, 2.24) is 0 Å². The summed E-state index contributed by atoms with van der Waals surface area (Å²) in [4.78, 5) is 55.9. The monoisotopic (exact) mass is 1380 g/mol. The second-order valence-electron chi connectivity index (χ2n) is 22.7. The standard InChI is InChI=1S/C17H28O6.C13H20Cl3NO4.C12H20O8.C11H20O4.C6H12O6/c1-7-14-11(4)12(5)15(22-13(6)18)17(23-14)21-9-8-20-16(19)10(2)3;1-5-9-6(2)7(3)10(19-8(4)18)11(20-9)21-12(17)13(14,15)16;1-6(2)11(17)18-3-4-19-12-10(16)9(15)8(14)7(5-13)20-12;1-5-9-6(2)7(3)10(11(13)15-9)14-8(4)12;7-1-2-3(8)4(9)5(10)6(11)12-2/h11-12,14-15,17H,2,7-9H2,1,3-6H3;6-7,9-11,17H,5H2,1-4H3;7-10,12-16H,1,3-5H2,2H3;6-7,9-11,13H,5H2,1-4H3;2-11H,1H2/t11-,12-,14?,15?,17-;6-,7-,9?,10?,11+;7?,8-,9+,10?,12+;6-,7-,9?,10?,11?;2?,3-,4+,5?,6+/m00101/s1. The van der Waals surface area contributed by atoms with E-state index >= 15 is 0 Å². The Bertz CT molecular complexity index is 2240. The number of alkyl halides is 3. The van der Waals surface area contributed by atoms with Gasteiger partial charge in [0.05, 0.1) is 44.7 Å². The molecule has 0 aromatic rings. The summed E-state index contributed by atoms with van der Waals surface area (Å²) >= 11 is 16.8. The van der Waals surface area contributed by atoms with Crippen molar-refractivity contribution in [2.75, 3.05) is 39.6 Å². The number of halogens is 3. The molecule has 5 aliphatic rings. The second kappa shape index (κ2) is 41.5. The SMILES string of the molecule is C=C(C)C(=O)OCCO[C@H]1OC(CC)[C@@H](C)[C@H](C)C1OC(C)=O.C=C(C)C(=O)OCCO[C@H]1OC(CO)[C@@H](O)[C@H](O)C1O.CCC1OC(O)C(OC(C)=O)[C@@H](C)[C@@H]1C.CCC1O[C@H](OC(=N)C(Cl)(Cl)Cl)C(OC(C)=O)[C@@H](C)[C@@H]1C.OCC1O[C@H](O)C(O)[C@@H](O)[C@@H]1O. The lowest BCUT2D eigenvalue weighted by Gasteiger charge is -2.43. The highest BCUT2D eigenvalue weighted by Crippen LogP contribution is 2.38. The van der Waals surface area contributed by atoms with Crippen molar-refractivity contribution >= 4 is 70.5 Å². The van der Waals surface area contributed by atoms with Gasteiger partial charge in [-0.1, -0.05) is 110 Å². The lowest BCUT2D eigenvalue weighted by molar-refractivity contribution is -0.302. The maximum absolute atomic E-state index is 11.3. The van der Waals surface area contributed by atoms with Crippen molar-refractivity contribution in [1.29, 1.82) is 5.41 Å². The van der Waals surface area contributed by atoms with Crippen LogP contribution in [0, 0.1) is 40.9 Å². The van der Waals surface area contributed by atoms with Crippen molar-refractivity contribution in [3.8, 4) is 0 Å². The van der Waals surface area contributed by atoms with Crippen LogP contribution in [0.3, 0.4) is 0 Å². The predicted molar refractivity (Wildman–Crippen MR) is 323 cm³/mol. The number of carbonyl (C=O) groups is 5. The molecule has 0 radical (unpaired) electrons. The maximum atomic E-state index is 11.3. The van der Waals surface area contributed by atoms with E-state index in [0.717, 1.165) is 19.3 Å². The number of rotatable bonds is 19. The molecule has 25 atom stereocenters. The van der Waals surface area contributed by atoms with Crippen LogP contribution in [0.5, 0.6) is 0 Å². The molecule has 530 valence electrons. The molecule has 0 aromatic heterocycles. The highest BCUT2D eigenvalue weighted by molar-refractivity contribution is 6.76. The van der Waals surface area contributed by atoms with E-state index in [1.165, 1.54) is 27.7 Å². The molecule has 5 rings (SSSR count). The zero-order chi connectivity index (χ0) is 70.1. The number of hydrogen-bond acceptors (Lipinski definition) is 29. The summed E-state index contributed by atoms with van der Waals surface area (Å²) in [5.74, 6) is -1.87. The number of carbonyl (C=O) groups excluding carboxylic acids is 5. The molecule has 5 heterocycles. The molecular formula is C59H100Cl3NO28. The molecule has 5 saturated heterocycles. The van der Waals surface area contributed by atoms with Gasteiger partial charge in [0.15, 0.2) is 43.5 Å². The fraction of sp³-hybridized carbons (Fsp3) is 0.831. The molecule has 5 fully saturated rings. The molecule has 5 aliphatic heterocycles. The minimum atomic E-state index is -1.99. The molecule has 0 amide bonds. The molecule has 0 spiro atoms. The molecule has 29 nitrogen and oxygen atoms in total. The molecule has 0 bridgehead atoms. The lowest BCUT2D eigenvalue weighted by Crippen LogP contribution is -2.59. The van der Waals surface area contributed by atoms with Crippen LogP contribution in [0.4, 0.5) is 0 Å². The van der Waals surface area contributed by atoms with Gasteiger partial charge >= 0.3 is 29.8 Å². The van der Waals surface area contributed by atoms with Gasteiger partial charge in [0.1, 0.15) is 62.0 Å². The van der Waals surface area contributed by atoms with Crippen molar-refractivity contribution in [3.63, 3.8) is 0 Å². The Morgan fingerprint density at radius 1 is 0.429 bits per heavy atom. The first-order chi connectivity index (χ1) is 42.3. The van der Waals surface area contributed by atoms with Crippen molar-refractivity contribution < 1.29 is 137 Å². The fourth-order valence-corrected chi connectivity index (χ4v) is 9.94. The third kappa shape index (κ3) is 27.3. The van der Waals surface area contributed by atoms with Crippen LogP contribution in [0.15, 0.2) is 24.3 Å². The quantitative estimate of drug-likeness (QED) is 0.0168. The van der Waals surface area contributed by atoms with E-state index < -0.39 is 139 Å². The fourth-order valence-electron chi connectivity index (χ4n) is 9.81.